The van der Waals surface area contributed by atoms with Crippen LogP contribution in [0.1, 0.15) is 31.2 Å². The lowest BCUT2D eigenvalue weighted by atomic mass is 9.90. The normalized spacial score (nSPS) is 24.0. The van der Waals surface area contributed by atoms with Crippen molar-refractivity contribution in [2.45, 2.75) is 38.2 Å². The third-order valence-electron chi connectivity index (χ3n) is 4.50. The van der Waals surface area contributed by atoms with E-state index in [-0.39, 0.29) is 12.0 Å². The quantitative estimate of drug-likeness (QED) is 0.847. The van der Waals surface area contributed by atoms with Gasteiger partial charge in [-0.1, -0.05) is 30.3 Å². The van der Waals surface area contributed by atoms with Crippen molar-refractivity contribution in [3.63, 3.8) is 0 Å². The van der Waals surface area contributed by atoms with Gasteiger partial charge in [0.15, 0.2) is 0 Å². The van der Waals surface area contributed by atoms with Crippen molar-refractivity contribution < 1.29 is 9.53 Å². The highest BCUT2D eigenvalue weighted by molar-refractivity contribution is 5.81. The molecule has 3 rings (SSSR count). The average molecular weight is 273 g/mol. The molecule has 0 aromatic heterocycles. The molecule has 1 amide bonds. The van der Waals surface area contributed by atoms with Crippen LogP contribution in [-0.2, 0) is 16.0 Å². The Morgan fingerprint density at radius 2 is 1.90 bits per heavy atom. The first-order valence-corrected chi connectivity index (χ1v) is 7.77. The zero-order chi connectivity index (χ0) is 13.8. The summed E-state index contributed by atoms with van der Waals surface area (Å²) >= 11 is 0. The molecule has 0 N–H and O–H groups in total. The fourth-order valence-electron chi connectivity index (χ4n) is 3.28. The van der Waals surface area contributed by atoms with Crippen molar-refractivity contribution >= 4 is 5.91 Å². The van der Waals surface area contributed by atoms with Gasteiger partial charge in [0.2, 0.25) is 0 Å². The highest BCUT2D eigenvalue weighted by atomic mass is 16.5. The Kier molecular flexibility index (Phi) is 4.36. The van der Waals surface area contributed by atoms with Gasteiger partial charge in [0.05, 0.1) is 0 Å². The predicted octanol–water partition coefficient (Wildman–Crippen LogP) is 2.65. The molecule has 108 valence electrons. The van der Waals surface area contributed by atoms with Crippen LogP contribution in [0.2, 0.25) is 0 Å². The van der Waals surface area contributed by atoms with E-state index < -0.39 is 0 Å². The van der Waals surface area contributed by atoms with Crippen molar-refractivity contribution in [2.75, 3.05) is 19.7 Å². The zero-order valence-electron chi connectivity index (χ0n) is 12.0. The van der Waals surface area contributed by atoms with Crippen LogP contribution in [-0.4, -0.2) is 36.6 Å². The third-order valence-corrected chi connectivity index (χ3v) is 4.50. The van der Waals surface area contributed by atoms with Gasteiger partial charge >= 0.3 is 0 Å². The third kappa shape index (κ3) is 3.21. The van der Waals surface area contributed by atoms with Crippen LogP contribution in [0.4, 0.5) is 0 Å². The number of likely N-dealkylation sites (tertiary alicyclic amines) is 1. The van der Waals surface area contributed by atoms with E-state index in [1.807, 2.05) is 4.90 Å². The number of amides is 1. The number of rotatable bonds is 3. The molecule has 1 atom stereocenters. The number of piperidine rings is 1. The Labute approximate surface area is 120 Å². The molecule has 0 radical (unpaired) electrons. The van der Waals surface area contributed by atoms with Gasteiger partial charge in [-0.25, -0.2) is 0 Å². The Morgan fingerprint density at radius 3 is 2.55 bits per heavy atom. The summed E-state index contributed by atoms with van der Waals surface area (Å²) in [6, 6.07) is 10.7. The van der Waals surface area contributed by atoms with Gasteiger partial charge in [0.25, 0.3) is 5.91 Å². The van der Waals surface area contributed by atoms with Crippen LogP contribution in [0.25, 0.3) is 0 Å². The molecule has 2 saturated heterocycles. The molecule has 3 heteroatoms. The van der Waals surface area contributed by atoms with Crippen molar-refractivity contribution in [2.24, 2.45) is 5.92 Å². The number of hydrogen-bond donors (Lipinski definition) is 0. The molecule has 0 saturated carbocycles. The largest absolute Gasteiger partial charge is 0.368 e. The van der Waals surface area contributed by atoms with Gasteiger partial charge in [-0.15, -0.1) is 0 Å². The lowest BCUT2D eigenvalue weighted by molar-refractivity contribution is -0.142. The summed E-state index contributed by atoms with van der Waals surface area (Å²) in [7, 11) is 0. The van der Waals surface area contributed by atoms with Crippen LogP contribution in [0.5, 0.6) is 0 Å². The monoisotopic (exact) mass is 273 g/mol. The van der Waals surface area contributed by atoms with Crippen LogP contribution in [0.15, 0.2) is 30.3 Å². The minimum absolute atomic E-state index is 0.152. The number of benzene rings is 1. The fourth-order valence-corrected chi connectivity index (χ4v) is 3.28. The molecule has 1 aromatic rings. The highest BCUT2D eigenvalue weighted by Crippen LogP contribution is 2.23. The van der Waals surface area contributed by atoms with Gasteiger partial charge in [0.1, 0.15) is 6.10 Å². The maximum atomic E-state index is 12.3. The van der Waals surface area contributed by atoms with Crippen molar-refractivity contribution in [3.8, 4) is 0 Å². The molecule has 3 nitrogen and oxygen atoms in total. The molecule has 2 heterocycles. The SMILES string of the molecule is O=C([C@@H]1CCCO1)N1CCC(Cc2ccccc2)CC1. The topological polar surface area (TPSA) is 29.5 Å². The van der Waals surface area contributed by atoms with Gasteiger partial charge in [0, 0.05) is 19.7 Å². The van der Waals surface area contributed by atoms with Gasteiger partial charge in [-0.3, -0.25) is 4.79 Å². The fraction of sp³-hybridized carbons (Fsp3) is 0.588. The van der Waals surface area contributed by atoms with E-state index in [1.165, 1.54) is 5.56 Å². The Balaban J connectivity index is 1.48. The molecular weight excluding hydrogens is 250 g/mol. The van der Waals surface area contributed by atoms with Crippen LogP contribution in [0, 0.1) is 5.92 Å². The second kappa shape index (κ2) is 6.40. The second-order valence-electron chi connectivity index (χ2n) is 5.96. The molecule has 0 aliphatic carbocycles. The van der Waals surface area contributed by atoms with E-state index in [0.29, 0.717) is 5.92 Å². The van der Waals surface area contributed by atoms with E-state index in [9.17, 15) is 4.79 Å². The summed E-state index contributed by atoms with van der Waals surface area (Å²) in [6.45, 7) is 2.55. The summed E-state index contributed by atoms with van der Waals surface area (Å²) in [5, 5.41) is 0. The van der Waals surface area contributed by atoms with E-state index in [1.54, 1.807) is 0 Å². The van der Waals surface area contributed by atoms with E-state index >= 15 is 0 Å². The lowest BCUT2D eigenvalue weighted by Crippen LogP contribution is -2.44. The van der Waals surface area contributed by atoms with Crippen LogP contribution >= 0.6 is 0 Å². The first-order valence-electron chi connectivity index (χ1n) is 7.77. The maximum Gasteiger partial charge on any atom is 0.251 e. The number of carbonyl (C=O) groups excluding carboxylic acids is 1. The molecule has 2 fully saturated rings. The smallest absolute Gasteiger partial charge is 0.251 e. The predicted molar refractivity (Wildman–Crippen MR) is 78.4 cm³/mol. The number of hydrogen-bond acceptors (Lipinski definition) is 2. The number of ether oxygens (including phenoxy) is 1. The van der Waals surface area contributed by atoms with E-state index in [4.69, 9.17) is 4.74 Å². The molecule has 2 aliphatic heterocycles. The number of carbonyl (C=O) groups is 1. The molecule has 0 unspecified atom stereocenters. The number of nitrogens with zero attached hydrogens (tertiary/aromatic N) is 1. The molecular formula is C17H23NO2. The Hall–Kier alpha value is -1.35. The highest BCUT2D eigenvalue weighted by Gasteiger charge is 2.30. The summed E-state index contributed by atoms with van der Waals surface area (Å²) in [5.74, 6) is 0.937. The lowest BCUT2D eigenvalue weighted by Gasteiger charge is -2.33. The second-order valence-corrected chi connectivity index (χ2v) is 5.96. The van der Waals surface area contributed by atoms with Crippen molar-refractivity contribution in [3.05, 3.63) is 35.9 Å². The first kappa shape index (κ1) is 13.6. The van der Waals surface area contributed by atoms with Crippen LogP contribution in [0.3, 0.4) is 0 Å². The molecule has 2 aliphatic rings. The summed E-state index contributed by atoms with van der Waals surface area (Å²) < 4.78 is 5.50. The average Bonchev–Trinajstić information content (AvgIpc) is 3.03. The zero-order valence-corrected chi connectivity index (χ0v) is 12.0. The molecule has 0 spiro atoms. The maximum absolute atomic E-state index is 12.3. The standard InChI is InChI=1S/C17H23NO2/c19-17(16-7-4-12-20-16)18-10-8-15(9-11-18)13-14-5-2-1-3-6-14/h1-3,5-6,15-16H,4,7-13H2/t16-/m0/s1. The van der Waals surface area contributed by atoms with Crippen molar-refractivity contribution in [1.82, 2.24) is 4.90 Å². The minimum atomic E-state index is -0.152. The van der Waals surface area contributed by atoms with E-state index in [2.05, 4.69) is 30.3 Å². The van der Waals surface area contributed by atoms with Gasteiger partial charge in [-0.2, -0.15) is 0 Å². The molecule has 1 aromatic carbocycles. The van der Waals surface area contributed by atoms with Gasteiger partial charge < -0.3 is 9.64 Å². The summed E-state index contributed by atoms with van der Waals surface area (Å²) in [4.78, 5) is 14.3. The van der Waals surface area contributed by atoms with E-state index in [0.717, 1.165) is 51.8 Å². The summed E-state index contributed by atoms with van der Waals surface area (Å²) in [6.07, 6.45) is 5.16. The molecule has 20 heavy (non-hydrogen) atoms. The van der Waals surface area contributed by atoms with Crippen molar-refractivity contribution in [1.29, 1.82) is 0 Å². The Bertz CT molecular complexity index is 432. The first-order chi connectivity index (χ1) is 9.83. The molecule has 0 bridgehead atoms. The minimum Gasteiger partial charge on any atom is -0.368 e. The van der Waals surface area contributed by atoms with Crippen LogP contribution < -0.4 is 0 Å². The Morgan fingerprint density at radius 1 is 1.15 bits per heavy atom. The van der Waals surface area contributed by atoms with Gasteiger partial charge in [-0.05, 0) is 43.6 Å². The summed E-state index contributed by atoms with van der Waals surface area (Å²) in [5.41, 5.74) is 1.41.